The molecule has 4 rings (SSSR count). The largest absolute Gasteiger partial charge is 0.334 e. The Hall–Kier alpha value is -2.82. The first-order chi connectivity index (χ1) is 13.0. The molecule has 1 atom stereocenters. The number of rotatable bonds is 3. The molecule has 0 saturated carbocycles. The highest BCUT2D eigenvalue weighted by Gasteiger charge is 2.48. The molecule has 0 bridgehead atoms. The third-order valence-electron chi connectivity index (χ3n) is 5.65. The molecule has 2 fully saturated rings. The summed E-state index contributed by atoms with van der Waals surface area (Å²) < 4.78 is 0. The highest BCUT2D eigenvalue weighted by Crippen LogP contribution is 2.41. The van der Waals surface area contributed by atoms with Crippen LogP contribution in [0.3, 0.4) is 0 Å². The Bertz CT molecular complexity index is 852. The average molecular weight is 363 g/mol. The summed E-state index contributed by atoms with van der Waals surface area (Å²) in [5, 5.41) is 3.00. The van der Waals surface area contributed by atoms with Gasteiger partial charge in [0.2, 0.25) is 5.91 Å². The molecule has 2 saturated heterocycles. The molecule has 2 aromatic rings. The minimum Gasteiger partial charge on any atom is -0.334 e. The molecule has 27 heavy (non-hydrogen) atoms. The van der Waals surface area contributed by atoms with Crippen LogP contribution in [0.2, 0.25) is 0 Å². The van der Waals surface area contributed by atoms with Gasteiger partial charge in [-0.3, -0.25) is 4.79 Å². The number of benzene rings is 2. The summed E-state index contributed by atoms with van der Waals surface area (Å²) in [4.78, 5) is 28.9. The molecule has 5 nitrogen and oxygen atoms in total. The van der Waals surface area contributed by atoms with Gasteiger partial charge in [0, 0.05) is 43.7 Å². The second-order valence-electron chi connectivity index (χ2n) is 7.81. The molecule has 2 aromatic carbocycles. The molecule has 3 amide bonds. The lowest BCUT2D eigenvalue weighted by molar-refractivity contribution is -0.117. The van der Waals surface area contributed by atoms with Crippen molar-refractivity contribution in [2.24, 2.45) is 5.41 Å². The molecule has 0 unspecified atom stereocenters. The smallest absolute Gasteiger partial charge is 0.317 e. The fourth-order valence-corrected chi connectivity index (χ4v) is 4.19. The summed E-state index contributed by atoms with van der Waals surface area (Å²) in [5.41, 5.74) is 3.07. The number of anilines is 1. The minimum atomic E-state index is -0.120. The normalized spacial score (nSPS) is 21.9. The Kier molecular flexibility index (Phi) is 4.60. The van der Waals surface area contributed by atoms with E-state index in [0.717, 1.165) is 23.2 Å². The Morgan fingerprint density at radius 2 is 1.93 bits per heavy atom. The Labute approximate surface area is 160 Å². The van der Waals surface area contributed by atoms with Crippen molar-refractivity contribution in [2.45, 2.75) is 26.3 Å². The van der Waals surface area contributed by atoms with E-state index in [2.05, 4.69) is 11.4 Å². The molecule has 0 aliphatic carbocycles. The Morgan fingerprint density at radius 1 is 1.11 bits per heavy atom. The summed E-state index contributed by atoms with van der Waals surface area (Å²) >= 11 is 0. The van der Waals surface area contributed by atoms with Crippen molar-refractivity contribution in [1.82, 2.24) is 10.2 Å². The number of urea groups is 1. The topological polar surface area (TPSA) is 52.6 Å². The molecule has 140 valence electrons. The highest BCUT2D eigenvalue weighted by atomic mass is 16.2. The summed E-state index contributed by atoms with van der Waals surface area (Å²) in [6.45, 7) is 4.60. The van der Waals surface area contributed by atoms with Gasteiger partial charge in [-0.15, -0.1) is 0 Å². The van der Waals surface area contributed by atoms with Crippen molar-refractivity contribution in [3.63, 3.8) is 0 Å². The van der Waals surface area contributed by atoms with Crippen molar-refractivity contribution in [2.75, 3.05) is 24.5 Å². The standard InChI is InChI=1S/C22H25N3O2/c1-17-6-5-9-19(12-17)25-16-22(13-20(25)26)10-11-24(15-22)21(27)23-14-18-7-3-2-4-8-18/h2-9,12H,10-11,13-16H2,1H3,(H,23,27)/t22-/m0/s1. The van der Waals surface area contributed by atoms with Gasteiger partial charge in [-0.25, -0.2) is 4.79 Å². The van der Waals surface area contributed by atoms with Crippen LogP contribution >= 0.6 is 0 Å². The summed E-state index contributed by atoms with van der Waals surface area (Å²) in [5.74, 6) is 0.159. The van der Waals surface area contributed by atoms with Crippen molar-refractivity contribution in [1.29, 1.82) is 0 Å². The van der Waals surface area contributed by atoms with Gasteiger partial charge < -0.3 is 15.1 Å². The molecule has 0 radical (unpaired) electrons. The van der Waals surface area contributed by atoms with Crippen molar-refractivity contribution < 1.29 is 9.59 Å². The van der Waals surface area contributed by atoms with Gasteiger partial charge in [0.1, 0.15) is 0 Å². The van der Waals surface area contributed by atoms with Gasteiger partial charge >= 0.3 is 6.03 Å². The maximum atomic E-state index is 12.6. The number of nitrogens with zero attached hydrogens (tertiary/aromatic N) is 2. The van der Waals surface area contributed by atoms with Crippen LogP contribution in [0, 0.1) is 12.3 Å². The SMILES string of the molecule is Cc1cccc(N2C[C@@]3(CCN(C(=O)NCc4ccccc4)C3)CC2=O)c1. The molecule has 1 N–H and O–H groups in total. The van der Waals surface area contributed by atoms with Crippen LogP contribution < -0.4 is 10.2 Å². The summed E-state index contributed by atoms with van der Waals surface area (Å²) in [6, 6.07) is 17.9. The molecule has 1 spiro atoms. The zero-order chi connectivity index (χ0) is 18.9. The second-order valence-corrected chi connectivity index (χ2v) is 7.81. The van der Waals surface area contributed by atoms with Crippen LogP contribution in [-0.2, 0) is 11.3 Å². The van der Waals surface area contributed by atoms with E-state index in [1.54, 1.807) is 0 Å². The van der Waals surface area contributed by atoms with Gasteiger partial charge in [0.05, 0.1) is 0 Å². The predicted octanol–water partition coefficient (Wildman–Crippen LogP) is 3.33. The van der Waals surface area contributed by atoms with E-state index in [1.165, 1.54) is 0 Å². The second kappa shape index (κ2) is 7.06. The zero-order valence-electron chi connectivity index (χ0n) is 15.6. The monoisotopic (exact) mass is 363 g/mol. The van der Waals surface area contributed by atoms with E-state index >= 15 is 0 Å². The van der Waals surface area contributed by atoms with Crippen LogP contribution in [0.5, 0.6) is 0 Å². The van der Waals surface area contributed by atoms with Gasteiger partial charge in [0.25, 0.3) is 0 Å². The number of carbonyl (C=O) groups is 2. The maximum absolute atomic E-state index is 12.6. The maximum Gasteiger partial charge on any atom is 0.317 e. The quantitative estimate of drug-likeness (QED) is 0.909. The van der Waals surface area contributed by atoms with Crippen LogP contribution in [-0.4, -0.2) is 36.5 Å². The number of amides is 3. The first-order valence-corrected chi connectivity index (χ1v) is 9.48. The Balaban J connectivity index is 1.38. The molecule has 2 heterocycles. The van der Waals surface area contributed by atoms with E-state index in [-0.39, 0.29) is 17.4 Å². The van der Waals surface area contributed by atoms with E-state index in [0.29, 0.717) is 32.6 Å². The van der Waals surface area contributed by atoms with Gasteiger partial charge in [-0.05, 0) is 36.6 Å². The molecular formula is C22H25N3O2. The fraction of sp³-hybridized carbons (Fsp3) is 0.364. The molecule has 0 aromatic heterocycles. The van der Waals surface area contributed by atoms with Gasteiger partial charge in [-0.1, -0.05) is 42.5 Å². The van der Waals surface area contributed by atoms with Crippen molar-refractivity contribution in [3.05, 3.63) is 65.7 Å². The van der Waals surface area contributed by atoms with Crippen molar-refractivity contribution in [3.8, 4) is 0 Å². The lowest BCUT2D eigenvalue weighted by Crippen LogP contribution is -2.40. The Morgan fingerprint density at radius 3 is 2.70 bits per heavy atom. The summed E-state index contributed by atoms with van der Waals surface area (Å²) in [7, 11) is 0. The summed E-state index contributed by atoms with van der Waals surface area (Å²) in [6.07, 6.45) is 1.39. The van der Waals surface area contributed by atoms with E-state index in [9.17, 15) is 9.59 Å². The number of hydrogen-bond acceptors (Lipinski definition) is 2. The lowest BCUT2D eigenvalue weighted by Gasteiger charge is -2.24. The van der Waals surface area contributed by atoms with E-state index < -0.39 is 0 Å². The fourth-order valence-electron chi connectivity index (χ4n) is 4.19. The number of likely N-dealkylation sites (tertiary alicyclic amines) is 1. The van der Waals surface area contributed by atoms with Crippen LogP contribution in [0.25, 0.3) is 0 Å². The van der Waals surface area contributed by atoms with E-state index in [4.69, 9.17) is 0 Å². The molecule has 2 aliphatic heterocycles. The molecular weight excluding hydrogens is 338 g/mol. The highest BCUT2D eigenvalue weighted by molar-refractivity contribution is 5.96. The number of carbonyl (C=O) groups excluding carboxylic acids is 2. The number of aryl methyl sites for hydroxylation is 1. The zero-order valence-corrected chi connectivity index (χ0v) is 15.6. The van der Waals surface area contributed by atoms with Crippen molar-refractivity contribution >= 4 is 17.6 Å². The molecule has 5 heteroatoms. The number of hydrogen-bond donors (Lipinski definition) is 1. The first-order valence-electron chi connectivity index (χ1n) is 9.48. The lowest BCUT2D eigenvalue weighted by atomic mass is 9.86. The van der Waals surface area contributed by atoms with Gasteiger partial charge in [0.15, 0.2) is 0 Å². The van der Waals surface area contributed by atoms with Crippen LogP contribution in [0.15, 0.2) is 54.6 Å². The van der Waals surface area contributed by atoms with E-state index in [1.807, 2.05) is 65.3 Å². The van der Waals surface area contributed by atoms with Crippen LogP contribution in [0.4, 0.5) is 10.5 Å². The first kappa shape index (κ1) is 17.6. The minimum absolute atomic E-state index is 0.0443. The third-order valence-corrected chi connectivity index (χ3v) is 5.65. The molecule has 2 aliphatic rings. The average Bonchev–Trinajstić information content (AvgIpc) is 3.23. The van der Waals surface area contributed by atoms with Gasteiger partial charge in [-0.2, -0.15) is 0 Å². The predicted molar refractivity (Wildman–Crippen MR) is 105 cm³/mol. The third kappa shape index (κ3) is 3.68. The number of nitrogens with one attached hydrogen (secondary N) is 1. The van der Waals surface area contributed by atoms with Crippen LogP contribution in [0.1, 0.15) is 24.0 Å².